The van der Waals surface area contributed by atoms with Gasteiger partial charge in [0.2, 0.25) is 0 Å². The number of nitrogens with one attached hydrogen (secondary N) is 1. The molecule has 1 heterocycles. The van der Waals surface area contributed by atoms with E-state index in [4.69, 9.17) is 33.3 Å². The Labute approximate surface area is 214 Å². The van der Waals surface area contributed by atoms with Gasteiger partial charge in [-0.1, -0.05) is 59.6 Å². The van der Waals surface area contributed by atoms with E-state index in [1.807, 2.05) is 44.2 Å². The molecule has 3 aromatic carbocycles. The summed E-state index contributed by atoms with van der Waals surface area (Å²) in [5.74, 6) is -0.305. The third-order valence-corrected chi connectivity index (χ3v) is 5.83. The molecule has 0 spiro atoms. The number of hydrogen-bond donors (Lipinski definition) is 1. The molecule has 35 heavy (non-hydrogen) atoms. The summed E-state index contributed by atoms with van der Waals surface area (Å²) in [7, 11) is 0. The summed E-state index contributed by atoms with van der Waals surface area (Å²) in [5.41, 5.74) is 3.14. The number of anilines is 1. The van der Waals surface area contributed by atoms with Gasteiger partial charge in [0.1, 0.15) is 12.2 Å². The number of hydrogen-bond acceptors (Lipinski definition) is 5. The number of aryl methyl sites for hydroxylation is 1. The van der Waals surface area contributed by atoms with Crippen LogP contribution >= 0.6 is 23.8 Å². The quantitative estimate of drug-likeness (QED) is 0.262. The van der Waals surface area contributed by atoms with E-state index in [9.17, 15) is 9.59 Å². The molecule has 1 aliphatic rings. The molecule has 1 N–H and O–H groups in total. The van der Waals surface area contributed by atoms with Crippen LogP contribution < -0.4 is 19.7 Å². The average Bonchev–Trinajstić information content (AvgIpc) is 2.83. The van der Waals surface area contributed by atoms with Gasteiger partial charge in [-0.2, -0.15) is 0 Å². The highest BCUT2D eigenvalue weighted by Crippen LogP contribution is 2.38. The number of para-hydroxylation sites is 1. The molecular formula is C27H23ClN2O4S. The second kappa shape index (κ2) is 10.7. The Morgan fingerprint density at radius 3 is 2.43 bits per heavy atom. The fourth-order valence-corrected chi connectivity index (χ4v) is 4.10. The van der Waals surface area contributed by atoms with E-state index >= 15 is 0 Å². The lowest BCUT2D eigenvalue weighted by Gasteiger charge is -2.28. The number of carbonyl (C=O) groups is 2. The van der Waals surface area contributed by atoms with E-state index in [2.05, 4.69) is 5.32 Å². The van der Waals surface area contributed by atoms with Crippen LogP contribution in [0.5, 0.6) is 11.5 Å². The second-order valence-electron chi connectivity index (χ2n) is 7.83. The summed E-state index contributed by atoms with van der Waals surface area (Å²) >= 11 is 11.8. The van der Waals surface area contributed by atoms with Gasteiger partial charge >= 0.3 is 0 Å². The molecule has 0 radical (unpaired) electrons. The average molecular weight is 507 g/mol. The van der Waals surface area contributed by atoms with Gasteiger partial charge in [-0.25, -0.2) is 0 Å². The van der Waals surface area contributed by atoms with Crippen molar-refractivity contribution in [2.75, 3.05) is 11.5 Å². The Morgan fingerprint density at radius 1 is 1.03 bits per heavy atom. The van der Waals surface area contributed by atoms with Gasteiger partial charge in [0.25, 0.3) is 11.8 Å². The molecule has 1 saturated heterocycles. The number of thiocarbonyl (C=S) groups is 1. The predicted octanol–water partition coefficient (Wildman–Crippen LogP) is 5.46. The predicted molar refractivity (Wildman–Crippen MR) is 141 cm³/mol. The van der Waals surface area contributed by atoms with Crippen LogP contribution in [0.4, 0.5) is 5.69 Å². The maximum atomic E-state index is 13.2. The van der Waals surface area contributed by atoms with Crippen LogP contribution in [0.15, 0.2) is 72.3 Å². The van der Waals surface area contributed by atoms with Gasteiger partial charge in [-0.15, -0.1) is 0 Å². The Balaban J connectivity index is 1.65. The lowest BCUT2D eigenvalue weighted by atomic mass is 10.1. The van der Waals surface area contributed by atoms with Crippen LogP contribution in [0.25, 0.3) is 6.08 Å². The summed E-state index contributed by atoms with van der Waals surface area (Å²) < 4.78 is 11.7. The Hall–Kier alpha value is -3.68. The summed E-state index contributed by atoms with van der Waals surface area (Å²) in [4.78, 5) is 27.1. The van der Waals surface area contributed by atoms with Gasteiger partial charge in [-0.3, -0.25) is 19.8 Å². The lowest BCUT2D eigenvalue weighted by Crippen LogP contribution is -2.54. The fraction of sp³-hybridized carbons (Fsp3) is 0.148. The van der Waals surface area contributed by atoms with Crippen LogP contribution in [0.1, 0.15) is 23.6 Å². The minimum atomic E-state index is -0.582. The third kappa shape index (κ3) is 5.53. The van der Waals surface area contributed by atoms with Gasteiger partial charge in [0.15, 0.2) is 16.6 Å². The second-order valence-corrected chi connectivity index (χ2v) is 8.62. The molecule has 0 atom stereocenters. The first kappa shape index (κ1) is 24.4. The van der Waals surface area contributed by atoms with Gasteiger partial charge < -0.3 is 9.47 Å². The largest absolute Gasteiger partial charge is 0.490 e. The molecule has 0 aromatic heterocycles. The van der Waals surface area contributed by atoms with Crippen molar-refractivity contribution in [1.82, 2.24) is 5.32 Å². The lowest BCUT2D eigenvalue weighted by molar-refractivity contribution is -0.122. The third-order valence-electron chi connectivity index (χ3n) is 5.26. The van der Waals surface area contributed by atoms with Crippen LogP contribution in [0.3, 0.4) is 0 Å². The SMILES string of the molecule is CCOc1cc(/C=C2/C(=O)NC(=S)N(c3ccccc3)C2=O)cc(Cl)c1OCc1ccc(C)cc1. The van der Waals surface area contributed by atoms with E-state index in [1.165, 1.54) is 11.0 Å². The smallest absolute Gasteiger partial charge is 0.270 e. The molecule has 0 bridgehead atoms. The van der Waals surface area contributed by atoms with E-state index in [0.717, 1.165) is 11.1 Å². The standard InChI is InChI=1S/C27H23ClN2O4S/c1-3-33-23-15-19(14-22(28)24(23)34-16-18-11-9-17(2)10-12-18)13-21-25(31)29-27(35)30(26(21)32)20-7-5-4-6-8-20/h4-15H,3,16H2,1-2H3,(H,29,31,35)/b21-13-. The van der Waals surface area contributed by atoms with Crippen LogP contribution in [-0.4, -0.2) is 23.5 Å². The summed E-state index contributed by atoms with van der Waals surface area (Å²) in [6.45, 7) is 4.56. The number of ether oxygens (including phenoxy) is 2. The first-order chi connectivity index (χ1) is 16.9. The first-order valence-electron chi connectivity index (χ1n) is 11.0. The highest BCUT2D eigenvalue weighted by atomic mass is 35.5. The Morgan fingerprint density at radius 2 is 1.74 bits per heavy atom. The summed E-state index contributed by atoms with van der Waals surface area (Å²) in [5, 5.41) is 2.90. The fourth-order valence-electron chi connectivity index (χ4n) is 3.55. The molecule has 1 fully saturated rings. The van der Waals surface area contributed by atoms with E-state index in [0.29, 0.717) is 41.0 Å². The summed E-state index contributed by atoms with van der Waals surface area (Å²) in [6.07, 6.45) is 1.47. The Bertz CT molecular complexity index is 1310. The summed E-state index contributed by atoms with van der Waals surface area (Å²) in [6, 6.07) is 20.2. The van der Waals surface area contributed by atoms with Crippen LogP contribution in [0, 0.1) is 6.92 Å². The van der Waals surface area contributed by atoms with Crippen molar-refractivity contribution in [1.29, 1.82) is 0 Å². The van der Waals surface area contributed by atoms with Crippen molar-refractivity contribution in [2.24, 2.45) is 0 Å². The number of rotatable bonds is 7. The number of amides is 2. The first-order valence-corrected chi connectivity index (χ1v) is 11.8. The molecule has 6 nitrogen and oxygen atoms in total. The van der Waals surface area contributed by atoms with E-state index in [-0.39, 0.29) is 10.7 Å². The van der Waals surface area contributed by atoms with Crippen molar-refractivity contribution in [2.45, 2.75) is 20.5 Å². The normalized spacial score (nSPS) is 14.8. The van der Waals surface area contributed by atoms with Crippen LogP contribution in [-0.2, 0) is 16.2 Å². The molecule has 178 valence electrons. The number of carbonyl (C=O) groups excluding carboxylic acids is 2. The van der Waals surface area contributed by atoms with Gasteiger partial charge in [-0.05, 0) is 67.5 Å². The van der Waals surface area contributed by atoms with Gasteiger partial charge in [0, 0.05) is 0 Å². The molecule has 4 rings (SSSR count). The number of halogens is 1. The van der Waals surface area contributed by atoms with Crippen molar-refractivity contribution < 1.29 is 19.1 Å². The number of benzene rings is 3. The van der Waals surface area contributed by atoms with Crippen molar-refractivity contribution >= 4 is 52.5 Å². The number of nitrogens with zero attached hydrogens (tertiary/aromatic N) is 1. The zero-order chi connectivity index (χ0) is 24.9. The topological polar surface area (TPSA) is 67.9 Å². The van der Waals surface area contributed by atoms with Crippen LogP contribution in [0.2, 0.25) is 5.02 Å². The maximum Gasteiger partial charge on any atom is 0.270 e. The Kier molecular flexibility index (Phi) is 7.48. The molecule has 0 saturated carbocycles. The molecule has 0 unspecified atom stereocenters. The zero-order valence-corrected chi connectivity index (χ0v) is 20.8. The maximum absolute atomic E-state index is 13.2. The molecule has 3 aromatic rings. The highest BCUT2D eigenvalue weighted by Gasteiger charge is 2.34. The molecule has 2 amide bonds. The highest BCUT2D eigenvalue weighted by molar-refractivity contribution is 7.80. The van der Waals surface area contributed by atoms with Crippen molar-refractivity contribution in [3.8, 4) is 11.5 Å². The molecule has 1 aliphatic heterocycles. The molecule has 0 aliphatic carbocycles. The van der Waals surface area contributed by atoms with Gasteiger partial charge in [0.05, 0.1) is 17.3 Å². The zero-order valence-electron chi connectivity index (χ0n) is 19.2. The minimum absolute atomic E-state index is 0.0243. The van der Waals surface area contributed by atoms with E-state index < -0.39 is 11.8 Å². The molecule has 8 heteroatoms. The minimum Gasteiger partial charge on any atom is -0.490 e. The monoisotopic (exact) mass is 506 g/mol. The van der Waals surface area contributed by atoms with Crippen molar-refractivity contribution in [3.63, 3.8) is 0 Å². The van der Waals surface area contributed by atoms with E-state index in [1.54, 1.807) is 36.4 Å². The molecular weight excluding hydrogens is 484 g/mol. The van der Waals surface area contributed by atoms with Crippen molar-refractivity contribution in [3.05, 3.63) is 94.0 Å².